The van der Waals surface area contributed by atoms with Crippen LogP contribution in [0.4, 0.5) is 0 Å². The summed E-state index contributed by atoms with van der Waals surface area (Å²) in [5.74, 6) is 1.00. The summed E-state index contributed by atoms with van der Waals surface area (Å²) in [5.41, 5.74) is 1.09. The summed E-state index contributed by atoms with van der Waals surface area (Å²) in [6, 6.07) is 6.09. The minimum absolute atomic E-state index is 0.279. The van der Waals surface area contributed by atoms with Gasteiger partial charge in [0.2, 0.25) is 0 Å². The first-order valence-corrected chi connectivity index (χ1v) is 7.51. The van der Waals surface area contributed by atoms with Crippen LogP contribution in [0.2, 0.25) is 10.0 Å². The standard InChI is InChI=1S/C12H17Cl2NS/c1-3-7-15-11(8-16-2)9-5-4-6-10(13)12(9)14/h4-6,11,15H,3,7-8H2,1-2H3. The molecule has 1 unspecified atom stereocenters. The molecular weight excluding hydrogens is 261 g/mol. The van der Waals surface area contributed by atoms with Gasteiger partial charge < -0.3 is 5.32 Å². The van der Waals surface area contributed by atoms with Crippen LogP contribution in [0.3, 0.4) is 0 Å². The molecule has 1 aromatic carbocycles. The van der Waals surface area contributed by atoms with Gasteiger partial charge in [0.1, 0.15) is 0 Å². The van der Waals surface area contributed by atoms with Gasteiger partial charge in [-0.3, -0.25) is 0 Å². The third kappa shape index (κ3) is 3.85. The molecule has 0 saturated heterocycles. The number of halogens is 2. The van der Waals surface area contributed by atoms with Gasteiger partial charge in [0.25, 0.3) is 0 Å². The lowest BCUT2D eigenvalue weighted by molar-refractivity contribution is 0.578. The number of thioether (sulfide) groups is 1. The van der Waals surface area contributed by atoms with Crippen molar-refractivity contribution in [3.05, 3.63) is 33.8 Å². The van der Waals surface area contributed by atoms with Crippen LogP contribution >= 0.6 is 35.0 Å². The highest BCUT2D eigenvalue weighted by Crippen LogP contribution is 2.31. The smallest absolute Gasteiger partial charge is 0.0640 e. The van der Waals surface area contributed by atoms with Crippen molar-refractivity contribution < 1.29 is 0 Å². The fourth-order valence-electron chi connectivity index (χ4n) is 1.53. The molecule has 0 heterocycles. The minimum atomic E-state index is 0.279. The summed E-state index contributed by atoms with van der Waals surface area (Å²) in [7, 11) is 0. The highest BCUT2D eigenvalue weighted by atomic mass is 35.5. The van der Waals surface area contributed by atoms with E-state index in [0.29, 0.717) is 10.0 Å². The molecule has 0 fully saturated rings. The Balaban J connectivity index is 2.86. The van der Waals surface area contributed by atoms with E-state index in [2.05, 4.69) is 18.5 Å². The SMILES string of the molecule is CCCNC(CSC)c1cccc(Cl)c1Cl. The second-order valence-corrected chi connectivity index (χ2v) is 5.30. The average Bonchev–Trinajstić information content (AvgIpc) is 2.28. The van der Waals surface area contributed by atoms with Gasteiger partial charge in [0, 0.05) is 11.8 Å². The predicted molar refractivity (Wildman–Crippen MR) is 75.9 cm³/mol. The molecule has 0 aliphatic heterocycles. The molecule has 0 aliphatic carbocycles. The van der Waals surface area contributed by atoms with E-state index in [9.17, 15) is 0 Å². The molecule has 0 spiro atoms. The van der Waals surface area contributed by atoms with Crippen LogP contribution in [0.15, 0.2) is 18.2 Å². The van der Waals surface area contributed by atoms with E-state index in [1.807, 2.05) is 18.2 Å². The first-order valence-electron chi connectivity index (χ1n) is 5.37. The van der Waals surface area contributed by atoms with Crippen molar-refractivity contribution in [1.29, 1.82) is 0 Å². The van der Waals surface area contributed by atoms with Crippen LogP contribution in [0.25, 0.3) is 0 Å². The Morgan fingerprint density at radius 2 is 2.12 bits per heavy atom. The summed E-state index contributed by atoms with van der Waals surface area (Å²) in [4.78, 5) is 0. The molecule has 0 amide bonds. The van der Waals surface area contributed by atoms with E-state index < -0.39 is 0 Å². The summed E-state index contributed by atoms with van der Waals surface area (Å²) in [6.07, 6.45) is 3.21. The van der Waals surface area contributed by atoms with Crippen LogP contribution in [0.1, 0.15) is 24.9 Å². The van der Waals surface area contributed by atoms with Crippen molar-refractivity contribution in [1.82, 2.24) is 5.32 Å². The highest BCUT2D eigenvalue weighted by Gasteiger charge is 2.14. The van der Waals surface area contributed by atoms with Gasteiger partial charge >= 0.3 is 0 Å². The molecule has 16 heavy (non-hydrogen) atoms. The predicted octanol–water partition coefficient (Wildman–Crippen LogP) is 4.40. The second-order valence-electron chi connectivity index (χ2n) is 3.61. The highest BCUT2D eigenvalue weighted by molar-refractivity contribution is 7.98. The molecular formula is C12H17Cl2NS. The number of hydrogen-bond donors (Lipinski definition) is 1. The van der Waals surface area contributed by atoms with Crippen LogP contribution in [-0.4, -0.2) is 18.6 Å². The zero-order chi connectivity index (χ0) is 12.0. The first-order chi connectivity index (χ1) is 7.70. The van der Waals surface area contributed by atoms with Gasteiger partial charge in [0.05, 0.1) is 10.0 Å². The van der Waals surface area contributed by atoms with E-state index in [-0.39, 0.29) is 6.04 Å². The zero-order valence-corrected chi connectivity index (χ0v) is 11.9. The molecule has 1 N–H and O–H groups in total. The fourth-order valence-corrected chi connectivity index (χ4v) is 2.60. The zero-order valence-electron chi connectivity index (χ0n) is 9.59. The molecule has 1 aromatic rings. The van der Waals surface area contributed by atoms with Gasteiger partial charge in [0.15, 0.2) is 0 Å². The Morgan fingerprint density at radius 1 is 1.38 bits per heavy atom. The van der Waals surface area contributed by atoms with Gasteiger partial charge in [-0.2, -0.15) is 11.8 Å². The Hall–Kier alpha value is 0.110. The van der Waals surface area contributed by atoms with Gasteiger partial charge in [-0.05, 0) is 30.9 Å². The van der Waals surface area contributed by atoms with Crippen molar-refractivity contribution in [2.24, 2.45) is 0 Å². The maximum Gasteiger partial charge on any atom is 0.0640 e. The number of hydrogen-bond acceptors (Lipinski definition) is 2. The van der Waals surface area contributed by atoms with Crippen LogP contribution in [0.5, 0.6) is 0 Å². The maximum atomic E-state index is 6.22. The van der Waals surface area contributed by atoms with Crippen LogP contribution in [-0.2, 0) is 0 Å². The van der Waals surface area contributed by atoms with Crippen molar-refractivity contribution in [2.45, 2.75) is 19.4 Å². The van der Waals surface area contributed by atoms with Crippen molar-refractivity contribution in [2.75, 3.05) is 18.6 Å². The third-order valence-electron chi connectivity index (χ3n) is 2.33. The monoisotopic (exact) mass is 277 g/mol. The molecule has 0 aliphatic rings. The van der Waals surface area contributed by atoms with Crippen molar-refractivity contribution >= 4 is 35.0 Å². The molecule has 0 aromatic heterocycles. The Kier molecular flexibility index (Phi) is 6.59. The largest absolute Gasteiger partial charge is 0.309 e. The van der Waals surface area contributed by atoms with Gasteiger partial charge in [-0.25, -0.2) is 0 Å². The van der Waals surface area contributed by atoms with Crippen LogP contribution in [0, 0.1) is 0 Å². The lowest BCUT2D eigenvalue weighted by Crippen LogP contribution is -2.24. The van der Waals surface area contributed by atoms with Gasteiger partial charge in [-0.1, -0.05) is 42.3 Å². The second kappa shape index (κ2) is 7.44. The number of benzene rings is 1. The van der Waals surface area contributed by atoms with Crippen LogP contribution < -0.4 is 5.32 Å². The maximum absolute atomic E-state index is 6.22. The number of nitrogens with one attached hydrogen (secondary N) is 1. The summed E-state index contributed by atoms with van der Waals surface area (Å²) in [5, 5.41) is 4.79. The lowest BCUT2D eigenvalue weighted by Gasteiger charge is -2.19. The molecule has 0 bridgehead atoms. The summed E-state index contributed by atoms with van der Waals surface area (Å²) >= 11 is 14.1. The summed E-state index contributed by atoms with van der Waals surface area (Å²) in [6.45, 7) is 3.15. The van der Waals surface area contributed by atoms with Gasteiger partial charge in [-0.15, -0.1) is 0 Å². The quantitative estimate of drug-likeness (QED) is 0.827. The Bertz CT molecular complexity index is 331. The molecule has 4 heteroatoms. The minimum Gasteiger partial charge on any atom is -0.309 e. The molecule has 90 valence electrons. The first kappa shape index (κ1) is 14.2. The van der Waals surface area contributed by atoms with E-state index >= 15 is 0 Å². The Labute approximate surface area is 112 Å². The van der Waals surface area contributed by atoms with E-state index in [1.54, 1.807) is 11.8 Å². The van der Waals surface area contributed by atoms with E-state index in [1.165, 1.54) is 0 Å². The summed E-state index contributed by atoms with van der Waals surface area (Å²) < 4.78 is 0. The van der Waals surface area contributed by atoms with E-state index in [4.69, 9.17) is 23.2 Å². The molecule has 1 nitrogen and oxygen atoms in total. The fraction of sp³-hybridized carbons (Fsp3) is 0.500. The third-order valence-corrected chi connectivity index (χ3v) is 3.83. The average molecular weight is 278 g/mol. The van der Waals surface area contributed by atoms with Crippen molar-refractivity contribution in [3.63, 3.8) is 0 Å². The molecule has 0 saturated carbocycles. The Morgan fingerprint density at radius 3 is 2.75 bits per heavy atom. The van der Waals surface area contributed by atoms with Crippen molar-refractivity contribution in [3.8, 4) is 0 Å². The molecule has 1 rings (SSSR count). The lowest BCUT2D eigenvalue weighted by atomic mass is 10.1. The normalized spacial score (nSPS) is 12.8. The topological polar surface area (TPSA) is 12.0 Å². The molecule has 0 radical (unpaired) electrons. The van der Waals surface area contributed by atoms with E-state index in [0.717, 1.165) is 24.3 Å². The number of rotatable bonds is 6. The molecule has 1 atom stereocenters.